The standard InChI is InChI=1S/C16H23ClN8O5/c1-7-12(29)22-9(6-10(26)27)13(30)21-8(11(18)28)4-2-3-5-19-15-23-14(17)24-16(20-7)25-15/h7-9H,2-6H2,1H3,(H2,18,28)(H,21,30)(H,22,29)(H,26,27)(H2,19,20,23,24,25)/t7-,8+,9-/m0/s1. The van der Waals surface area contributed by atoms with Gasteiger partial charge in [-0.25, -0.2) is 0 Å². The average Bonchev–Trinajstić information content (AvgIpc) is 2.64. The zero-order chi connectivity index (χ0) is 22.3. The number of anilines is 2. The maximum Gasteiger partial charge on any atom is 0.305 e. The molecule has 1 aromatic heterocycles. The van der Waals surface area contributed by atoms with E-state index in [2.05, 4.69) is 36.2 Å². The van der Waals surface area contributed by atoms with E-state index in [-0.39, 0.29) is 23.6 Å². The van der Waals surface area contributed by atoms with Crippen molar-refractivity contribution in [2.75, 3.05) is 17.2 Å². The quantitative estimate of drug-likeness (QED) is 0.331. The number of rotatable bonds is 3. The molecule has 0 fully saturated rings. The van der Waals surface area contributed by atoms with Gasteiger partial charge in [0.25, 0.3) is 0 Å². The van der Waals surface area contributed by atoms with Gasteiger partial charge in [0, 0.05) is 6.54 Å². The number of nitrogens with one attached hydrogen (secondary N) is 4. The minimum Gasteiger partial charge on any atom is -0.481 e. The number of aromatic nitrogens is 3. The second kappa shape index (κ2) is 10.5. The normalized spacial score (nSPS) is 23.3. The zero-order valence-electron chi connectivity index (χ0n) is 16.1. The molecule has 0 radical (unpaired) electrons. The molecule has 164 valence electrons. The molecular formula is C16H23ClN8O5. The van der Waals surface area contributed by atoms with Gasteiger partial charge in [0.1, 0.15) is 18.1 Å². The first kappa shape index (κ1) is 23.1. The van der Waals surface area contributed by atoms with Gasteiger partial charge in [0.2, 0.25) is 34.9 Å². The Morgan fingerprint density at radius 1 is 1.10 bits per heavy atom. The number of fused-ring (bicyclic) bond motifs is 2. The van der Waals surface area contributed by atoms with Crippen LogP contribution in [0.3, 0.4) is 0 Å². The van der Waals surface area contributed by atoms with Crippen molar-refractivity contribution in [3.63, 3.8) is 0 Å². The Bertz CT molecular complexity index is 823. The molecule has 1 aliphatic heterocycles. The van der Waals surface area contributed by atoms with Crippen molar-refractivity contribution in [1.82, 2.24) is 25.6 Å². The number of carboxylic acids is 1. The lowest BCUT2D eigenvalue weighted by Crippen LogP contribution is -2.55. The molecule has 0 spiro atoms. The Balaban J connectivity index is 2.28. The Kier molecular flexibility index (Phi) is 8.09. The van der Waals surface area contributed by atoms with Crippen LogP contribution in [0.1, 0.15) is 32.6 Å². The van der Waals surface area contributed by atoms with Crippen LogP contribution in [0, 0.1) is 0 Å². The summed E-state index contributed by atoms with van der Waals surface area (Å²) in [5, 5.41) is 19.4. The fourth-order valence-corrected chi connectivity index (χ4v) is 2.83. The Labute approximate surface area is 176 Å². The number of hydrogen-bond acceptors (Lipinski definition) is 9. The van der Waals surface area contributed by atoms with Gasteiger partial charge in [-0.3, -0.25) is 19.2 Å². The molecule has 0 saturated heterocycles. The number of aliphatic carboxylic acids is 1. The Hall–Kier alpha value is -3.22. The maximum absolute atomic E-state index is 12.5. The molecule has 1 aliphatic rings. The van der Waals surface area contributed by atoms with Crippen molar-refractivity contribution < 1.29 is 24.3 Å². The first-order chi connectivity index (χ1) is 14.2. The second-order valence-corrected chi connectivity index (χ2v) is 7.00. The number of amides is 3. The van der Waals surface area contributed by atoms with Gasteiger partial charge in [-0.15, -0.1) is 0 Å². The Morgan fingerprint density at radius 2 is 1.80 bits per heavy atom. The number of carbonyl (C=O) groups excluding carboxylic acids is 3. The number of carboxylic acid groups (broad SMARTS) is 1. The minimum absolute atomic E-state index is 0.0280. The highest BCUT2D eigenvalue weighted by atomic mass is 35.5. The summed E-state index contributed by atoms with van der Waals surface area (Å²) in [5.74, 6) is -3.36. The van der Waals surface area contributed by atoms with E-state index < -0.39 is 48.2 Å². The predicted molar refractivity (Wildman–Crippen MR) is 106 cm³/mol. The molecule has 1 aromatic rings. The molecule has 3 atom stereocenters. The van der Waals surface area contributed by atoms with Crippen LogP contribution in [0.25, 0.3) is 0 Å². The monoisotopic (exact) mass is 442 g/mol. The fraction of sp³-hybridized carbons (Fsp3) is 0.562. The van der Waals surface area contributed by atoms with E-state index in [0.29, 0.717) is 19.4 Å². The summed E-state index contributed by atoms with van der Waals surface area (Å²) in [5.41, 5.74) is 5.34. The highest BCUT2D eigenvalue weighted by Crippen LogP contribution is 2.12. The maximum atomic E-state index is 12.5. The molecule has 2 rings (SSSR count). The van der Waals surface area contributed by atoms with Gasteiger partial charge >= 0.3 is 5.97 Å². The third kappa shape index (κ3) is 6.99. The fourth-order valence-electron chi connectivity index (χ4n) is 2.67. The topological polar surface area (TPSA) is 201 Å². The largest absolute Gasteiger partial charge is 0.481 e. The van der Waals surface area contributed by atoms with Crippen LogP contribution < -0.4 is 27.0 Å². The van der Waals surface area contributed by atoms with Crippen LogP contribution >= 0.6 is 11.6 Å². The molecule has 3 amide bonds. The van der Waals surface area contributed by atoms with Gasteiger partial charge in [0.05, 0.1) is 6.42 Å². The van der Waals surface area contributed by atoms with E-state index in [1.165, 1.54) is 6.92 Å². The molecular weight excluding hydrogens is 420 g/mol. The van der Waals surface area contributed by atoms with Gasteiger partial charge < -0.3 is 32.1 Å². The van der Waals surface area contributed by atoms with Gasteiger partial charge in [-0.05, 0) is 37.8 Å². The summed E-state index contributed by atoms with van der Waals surface area (Å²) in [6, 6.07) is -3.36. The SMILES string of the molecule is C[C@@H]1Nc2nc(Cl)nc(n2)NCCCC[C@H](C(N)=O)NC(=O)[C@H](CC(=O)O)NC1=O. The van der Waals surface area contributed by atoms with Crippen LogP contribution in [-0.2, 0) is 19.2 Å². The highest BCUT2D eigenvalue weighted by Gasteiger charge is 2.29. The van der Waals surface area contributed by atoms with Gasteiger partial charge in [-0.1, -0.05) is 0 Å². The lowest BCUT2D eigenvalue weighted by molar-refractivity contribution is -0.141. The summed E-state index contributed by atoms with van der Waals surface area (Å²) in [7, 11) is 0. The lowest BCUT2D eigenvalue weighted by atomic mass is 10.1. The third-order valence-corrected chi connectivity index (χ3v) is 4.39. The number of hydrogen-bond donors (Lipinski definition) is 6. The number of carbonyl (C=O) groups is 4. The number of halogens is 1. The molecule has 13 nitrogen and oxygen atoms in total. The molecule has 30 heavy (non-hydrogen) atoms. The number of primary amides is 1. The molecule has 14 heteroatoms. The van der Waals surface area contributed by atoms with E-state index in [0.717, 1.165) is 0 Å². The average molecular weight is 443 g/mol. The number of nitrogens with zero attached hydrogens (tertiary/aromatic N) is 3. The molecule has 7 N–H and O–H groups in total. The zero-order valence-corrected chi connectivity index (χ0v) is 16.9. The summed E-state index contributed by atoms with van der Waals surface area (Å²) < 4.78 is 0. The van der Waals surface area contributed by atoms with Crippen LogP contribution in [0.5, 0.6) is 0 Å². The molecule has 2 heterocycles. The minimum atomic E-state index is -1.41. The first-order valence-electron chi connectivity index (χ1n) is 9.19. The molecule has 2 bridgehead atoms. The highest BCUT2D eigenvalue weighted by molar-refractivity contribution is 6.28. The van der Waals surface area contributed by atoms with Crippen molar-refractivity contribution in [3.8, 4) is 0 Å². The van der Waals surface area contributed by atoms with Crippen molar-refractivity contribution in [1.29, 1.82) is 0 Å². The van der Waals surface area contributed by atoms with Crippen molar-refractivity contribution in [2.24, 2.45) is 5.73 Å². The van der Waals surface area contributed by atoms with E-state index in [4.69, 9.17) is 22.4 Å². The van der Waals surface area contributed by atoms with Gasteiger partial charge in [-0.2, -0.15) is 15.0 Å². The summed E-state index contributed by atoms with van der Waals surface area (Å²) >= 11 is 5.89. The third-order valence-electron chi connectivity index (χ3n) is 4.22. The van der Waals surface area contributed by atoms with Crippen molar-refractivity contribution in [3.05, 3.63) is 5.28 Å². The lowest BCUT2D eigenvalue weighted by Gasteiger charge is -2.23. The van der Waals surface area contributed by atoms with E-state index >= 15 is 0 Å². The smallest absolute Gasteiger partial charge is 0.305 e. The van der Waals surface area contributed by atoms with Crippen LogP contribution in [-0.4, -0.2) is 68.4 Å². The molecule has 0 saturated carbocycles. The van der Waals surface area contributed by atoms with Crippen molar-refractivity contribution in [2.45, 2.75) is 50.7 Å². The molecule has 0 unspecified atom stereocenters. The Morgan fingerprint density at radius 3 is 2.47 bits per heavy atom. The number of nitrogens with two attached hydrogens (primary N) is 1. The first-order valence-corrected chi connectivity index (χ1v) is 9.57. The van der Waals surface area contributed by atoms with Crippen LogP contribution in [0.2, 0.25) is 5.28 Å². The van der Waals surface area contributed by atoms with E-state index in [1.807, 2.05) is 0 Å². The van der Waals surface area contributed by atoms with Crippen LogP contribution in [0.4, 0.5) is 11.9 Å². The summed E-state index contributed by atoms with van der Waals surface area (Å²) in [6.07, 6.45) is 0.661. The van der Waals surface area contributed by atoms with E-state index in [1.54, 1.807) is 0 Å². The molecule has 0 aromatic carbocycles. The second-order valence-electron chi connectivity index (χ2n) is 6.66. The van der Waals surface area contributed by atoms with Gasteiger partial charge in [0.15, 0.2) is 0 Å². The predicted octanol–water partition coefficient (Wildman–Crippen LogP) is -1.15. The van der Waals surface area contributed by atoms with E-state index in [9.17, 15) is 19.2 Å². The van der Waals surface area contributed by atoms with Crippen molar-refractivity contribution >= 4 is 47.2 Å². The summed E-state index contributed by atoms with van der Waals surface area (Å²) in [4.78, 5) is 59.8. The molecule has 0 aliphatic carbocycles. The summed E-state index contributed by atoms with van der Waals surface area (Å²) in [6.45, 7) is 1.90. The van der Waals surface area contributed by atoms with Crippen LogP contribution in [0.15, 0.2) is 0 Å².